The summed E-state index contributed by atoms with van der Waals surface area (Å²) >= 11 is 1.36. The molecule has 0 radical (unpaired) electrons. The smallest absolute Gasteiger partial charge is 0.405 e. The maximum absolute atomic E-state index is 12.5. The van der Waals surface area contributed by atoms with Gasteiger partial charge in [-0.15, -0.1) is 11.8 Å². The van der Waals surface area contributed by atoms with E-state index >= 15 is 0 Å². The van der Waals surface area contributed by atoms with E-state index < -0.39 is 24.7 Å². The highest BCUT2D eigenvalue weighted by Gasteiger charge is 2.50. The number of hydrogen-bond acceptors (Lipinski definition) is 4. The minimum Gasteiger partial charge on any atom is -0.469 e. The first-order chi connectivity index (χ1) is 10.9. The van der Waals surface area contributed by atoms with Crippen molar-refractivity contribution in [2.75, 3.05) is 18.2 Å². The lowest BCUT2D eigenvalue weighted by atomic mass is 10.2. The summed E-state index contributed by atoms with van der Waals surface area (Å²) in [4.78, 5) is 25.8. The number of hydrogen-bond donors (Lipinski definition) is 1. The number of amides is 2. The third-order valence-electron chi connectivity index (χ3n) is 3.95. The minimum atomic E-state index is -4.46. The number of nitrogens with one attached hydrogen (secondary N) is 1. The van der Waals surface area contributed by atoms with Crippen molar-refractivity contribution < 1.29 is 27.2 Å². The number of nitrogens with zero attached hydrogens (tertiary/aromatic N) is 1. The average molecular weight is 348 g/mol. The molecule has 9 heteroatoms. The molecule has 2 amide bonds. The molecule has 0 bridgehead atoms. The summed E-state index contributed by atoms with van der Waals surface area (Å²) in [6.07, 6.45) is -2.28. The van der Waals surface area contributed by atoms with Crippen LogP contribution in [0.5, 0.6) is 0 Å². The van der Waals surface area contributed by atoms with E-state index in [9.17, 15) is 22.8 Å². The third-order valence-corrected chi connectivity index (χ3v) is 4.96. The van der Waals surface area contributed by atoms with E-state index in [1.54, 1.807) is 12.1 Å². The fraction of sp³-hybridized carbons (Fsp3) is 0.571. The lowest BCUT2D eigenvalue weighted by Crippen LogP contribution is -2.49. The van der Waals surface area contributed by atoms with E-state index in [-0.39, 0.29) is 17.7 Å². The summed E-state index contributed by atoms with van der Waals surface area (Å²) in [7, 11) is 0. The number of halogens is 3. The predicted octanol–water partition coefficient (Wildman–Crippen LogP) is 1.96. The fourth-order valence-corrected chi connectivity index (χ4v) is 3.84. The Morgan fingerprint density at radius 2 is 2.22 bits per heavy atom. The van der Waals surface area contributed by atoms with E-state index in [0.29, 0.717) is 18.1 Å². The maximum Gasteiger partial charge on any atom is 0.405 e. The van der Waals surface area contributed by atoms with Gasteiger partial charge in [0.15, 0.2) is 0 Å². The van der Waals surface area contributed by atoms with Gasteiger partial charge in [-0.25, -0.2) is 0 Å². The first-order valence-corrected chi connectivity index (χ1v) is 8.28. The molecule has 5 nitrogen and oxygen atoms in total. The number of rotatable bonds is 4. The van der Waals surface area contributed by atoms with Crippen molar-refractivity contribution in [3.8, 4) is 0 Å². The molecule has 23 heavy (non-hydrogen) atoms. The van der Waals surface area contributed by atoms with Gasteiger partial charge in [0, 0.05) is 17.6 Å². The van der Waals surface area contributed by atoms with Gasteiger partial charge in [0.05, 0.1) is 12.1 Å². The van der Waals surface area contributed by atoms with Crippen molar-refractivity contribution in [3.05, 3.63) is 24.2 Å². The van der Waals surface area contributed by atoms with Crippen LogP contribution in [0.1, 0.15) is 18.1 Å². The van der Waals surface area contributed by atoms with Crippen molar-refractivity contribution in [2.45, 2.75) is 24.6 Å². The minimum absolute atomic E-state index is 0.00184. The summed E-state index contributed by atoms with van der Waals surface area (Å²) in [6.45, 7) is -1.38. The largest absolute Gasteiger partial charge is 0.469 e. The van der Waals surface area contributed by atoms with Crippen molar-refractivity contribution in [1.82, 2.24) is 10.2 Å². The molecule has 1 saturated carbocycles. The van der Waals surface area contributed by atoms with Gasteiger partial charge in [-0.3, -0.25) is 9.59 Å². The number of alkyl halides is 3. The fourth-order valence-electron chi connectivity index (χ4n) is 2.68. The normalized spacial score (nSPS) is 27.1. The van der Waals surface area contributed by atoms with Crippen LogP contribution in [0.4, 0.5) is 13.2 Å². The van der Waals surface area contributed by atoms with Crippen LogP contribution in [0.25, 0.3) is 0 Å². The van der Waals surface area contributed by atoms with Crippen molar-refractivity contribution in [1.29, 1.82) is 0 Å². The van der Waals surface area contributed by atoms with Crippen LogP contribution < -0.4 is 5.32 Å². The Balaban J connectivity index is 1.59. The van der Waals surface area contributed by atoms with Crippen LogP contribution in [0, 0.1) is 5.92 Å². The van der Waals surface area contributed by atoms with Crippen molar-refractivity contribution >= 4 is 23.6 Å². The zero-order chi connectivity index (χ0) is 16.6. The molecule has 0 unspecified atom stereocenters. The third kappa shape index (κ3) is 3.65. The Morgan fingerprint density at radius 3 is 2.87 bits per heavy atom. The molecule has 1 saturated heterocycles. The van der Waals surface area contributed by atoms with Crippen molar-refractivity contribution in [3.63, 3.8) is 0 Å². The summed E-state index contributed by atoms with van der Waals surface area (Å²) in [5, 5.41) is 1.86. The van der Waals surface area contributed by atoms with Crippen LogP contribution in [0.15, 0.2) is 22.8 Å². The molecule has 1 aromatic rings. The summed E-state index contributed by atoms with van der Waals surface area (Å²) in [5.41, 5.74) is 0. The molecule has 2 heterocycles. The molecule has 0 spiro atoms. The number of carbonyl (C=O) groups is 2. The first-order valence-electron chi connectivity index (χ1n) is 7.13. The summed E-state index contributed by atoms with van der Waals surface area (Å²) in [5.74, 6) is 0.171. The predicted molar refractivity (Wildman–Crippen MR) is 76.6 cm³/mol. The van der Waals surface area contributed by atoms with E-state index in [0.717, 1.165) is 5.76 Å². The number of furan rings is 1. The quantitative estimate of drug-likeness (QED) is 0.904. The lowest BCUT2D eigenvalue weighted by Gasteiger charge is -2.23. The second-order valence-corrected chi connectivity index (χ2v) is 6.62. The van der Waals surface area contributed by atoms with E-state index in [1.807, 2.05) is 5.32 Å². The van der Waals surface area contributed by atoms with Crippen LogP contribution in [-0.4, -0.2) is 47.1 Å². The van der Waals surface area contributed by atoms with E-state index in [2.05, 4.69) is 0 Å². The van der Waals surface area contributed by atoms with E-state index in [1.165, 1.54) is 22.9 Å². The molecular formula is C14H15F3N2O3S. The second kappa shape index (κ2) is 6.10. The zero-order valence-corrected chi connectivity index (χ0v) is 12.8. The molecule has 1 aliphatic carbocycles. The van der Waals surface area contributed by atoms with Gasteiger partial charge in [-0.1, -0.05) is 0 Å². The standard InChI is InChI=1S/C14H15F3N2O3S/c15-14(16,17)6-18-12(20)10-5-23-7-19(10)13(21)9-4-8(9)11-2-1-3-22-11/h1-3,8-10H,4-7H2,(H,18,20)/t8-,9-,10+/m1/s1. The number of thioether (sulfide) groups is 1. The average Bonchev–Trinajstić information content (AvgIpc) is 2.93. The molecule has 0 aromatic carbocycles. The highest BCUT2D eigenvalue weighted by atomic mass is 32.2. The molecule has 3 atom stereocenters. The topological polar surface area (TPSA) is 62.6 Å². The molecular weight excluding hydrogens is 333 g/mol. The molecule has 2 aliphatic rings. The van der Waals surface area contributed by atoms with Gasteiger partial charge in [0.25, 0.3) is 0 Å². The molecule has 2 fully saturated rings. The molecule has 3 rings (SSSR count). The second-order valence-electron chi connectivity index (χ2n) is 5.62. The van der Waals surface area contributed by atoms with Crippen LogP contribution in [-0.2, 0) is 9.59 Å². The van der Waals surface area contributed by atoms with Gasteiger partial charge in [-0.2, -0.15) is 13.2 Å². The van der Waals surface area contributed by atoms with Gasteiger partial charge in [-0.05, 0) is 18.6 Å². The van der Waals surface area contributed by atoms with Crippen molar-refractivity contribution in [2.24, 2.45) is 5.92 Å². The van der Waals surface area contributed by atoms with Gasteiger partial charge in [0.1, 0.15) is 18.3 Å². The maximum atomic E-state index is 12.5. The molecule has 1 N–H and O–H groups in total. The van der Waals surface area contributed by atoms with Gasteiger partial charge < -0.3 is 14.6 Å². The summed E-state index contributed by atoms with van der Waals surface area (Å²) < 4.78 is 41.9. The highest BCUT2D eigenvalue weighted by Crippen LogP contribution is 2.49. The van der Waals surface area contributed by atoms with Crippen LogP contribution >= 0.6 is 11.8 Å². The lowest BCUT2D eigenvalue weighted by molar-refractivity contribution is -0.145. The first kappa shape index (κ1) is 16.2. The monoisotopic (exact) mass is 348 g/mol. The Morgan fingerprint density at radius 1 is 1.43 bits per heavy atom. The summed E-state index contributed by atoms with van der Waals surface area (Å²) in [6, 6.07) is 2.70. The van der Waals surface area contributed by atoms with Crippen LogP contribution in [0.3, 0.4) is 0 Å². The molecule has 1 aromatic heterocycles. The van der Waals surface area contributed by atoms with E-state index in [4.69, 9.17) is 4.42 Å². The molecule has 1 aliphatic heterocycles. The number of carbonyl (C=O) groups excluding carboxylic acids is 2. The SMILES string of the molecule is O=C(NCC(F)(F)F)[C@@H]1CSCN1C(=O)[C@@H]1C[C@H]1c1ccco1. The Labute approximate surface area is 134 Å². The van der Waals surface area contributed by atoms with Gasteiger partial charge >= 0.3 is 6.18 Å². The highest BCUT2D eigenvalue weighted by molar-refractivity contribution is 7.99. The Hall–Kier alpha value is -1.64. The Bertz CT molecular complexity index is 591. The van der Waals surface area contributed by atoms with Crippen LogP contribution in [0.2, 0.25) is 0 Å². The zero-order valence-electron chi connectivity index (χ0n) is 12.0. The molecule has 126 valence electrons. The van der Waals surface area contributed by atoms with Gasteiger partial charge in [0.2, 0.25) is 11.8 Å². The Kier molecular flexibility index (Phi) is 4.31.